The number of rotatable bonds is 6. The van der Waals surface area contributed by atoms with Crippen molar-refractivity contribution in [1.29, 1.82) is 0 Å². The van der Waals surface area contributed by atoms with E-state index in [1.165, 1.54) is 5.56 Å². The van der Waals surface area contributed by atoms with Gasteiger partial charge in [-0.05, 0) is 44.5 Å². The van der Waals surface area contributed by atoms with Crippen molar-refractivity contribution >= 4 is 5.91 Å². The van der Waals surface area contributed by atoms with E-state index in [2.05, 4.69) is 17.3 Å². The van der Waals surface area contributed by atoms with E-state index in [1.807, 2.05) is 18.5 Å². The minimum atomic E-state index is -0.149. The molecule has 0 atom stereocenters. The second-order valence-corrected chi connectivity index (χ2v) is 5.34. The van der Waals surface area contributed by atoms with E-state index in [1.54, 1.807) is 32.4 Å². The first-order chi connectivity index (χ1) is 11.0. The summed E-state index contributed by atoms with van der Waals surface area (Å²) in [6.45, 7) is 7.22. The van der Waals surface area contributed by atoms with Gasteiger partial charge in [0.2, 0.25) is 0 Å². The molecule has 1 aromatic carbocycles. The van der Waals surface area contributed by atoms with E-state index < -0.39 is 0 Å². The van der Waals surface area contributed by atoms with Gasteiger partial charge in [-0.3, -0.25) is 9.48 Å². The Balaban J connectivity index is 1.98. The maximum absolute atomic E-state index is 12.2. The van der Waals surface area contributed by atoms with Crippen LogP contribution >= 0.6 is 0 Å². The minimum Gasteiger partial charge on any atom is -0.493 e. The molecule has 0 unspecified atom stereocenters. The zero-order chi connectivity index (χ0) is 17.0. The normalized spacial score (nSPS) is 10.5. The summed E-state index contributed by atoms with van der Waals surface area (Å²) in [6.07, 6.45) is 0. The number of benzene rings is 1. The first-order valence-electron chi connectivity index (χ1n) is 7.48. The van der Waals surface area contributed by atoms with Crippen LogP contribution < -0.4 is 14.8 Å². The van der Waals surface area contributed by atoms with Crippen LogP contribution in [-0.4, -0.2) is 36.5 Å². The van der Waals surface area contributed by atoms with Crippen LogP contribution in [0.4, 0.5) is 0 Å². The molecule has 0 aliphatic rings. The summed E-state index contributed by atoms with van der Waals surface area (Å²) >= 11 is 0. The van der Waals surface area contributed by atoms with Gasteiger partial charge in [-0.1, -0.05) is 0 Å². The average molecular weight is 317 g/mol. The van der Waals surface area contributed by atoms with Crippen molar-refractivity contribution in [3.63, 3.8) is 0 Å². The van der Waals surface area contributed by atoms with Crippen LogP contribution in [0.3, 0.4) is 0 Å². The standard InChI is InChI=1S/C17H23N3O3/c1-11-12(2)19-20(13(11)3)9-8-18-17(21)14-6-7-15(22-4)16(10-14)23-5/h6-7,10H,8-9H2,1-5H3,(H,18,21). The molecule has 1 amide bonds. The summed E-state index contributed by atoms with van der Waals surface area (Å²) in [6, 6.07) is 5.10. The Morgan fingerprint density at radius 1 is 1.17 bits per heavy atom. The molecule has 0 saturated carbocycles. The molecule has 0 spiro atoms. The highest BCUT2D eigenvalue weighted by Gasteiger charge is 2.11. The van der Waals surface area contributed by atoms with E-state index in [-0.39, 0.29) is 5.91 Å². The molecule has 0 aliphatic carbocycles. The Hall–Kier alpha value is -2.50. The third-order valence-corrected chi connectivity index (χ3v) is 4.00. The van der Waals surface area contributed by atoms with E-state index in [9.17, 15) is 4.79 Å². The Morgan fingerprint density at radius 3 is 2.43 bits per heavy atom. The predicted molar refractivity (Wildman–Crippen MR) is 88.3 cm³/mol. The lowest BCUT2D eigenvalue weighted by molar-refractivity contribution is 0.0951. The summed E-state index contributed by atoms with van der Waals surface area (Å²) in [7, 11) is 3.11. The van der Waals surface area contributed by atoms with Crippen LogP contribution in [0.1, 0.15) is 27.3 Å². The fourth-order valence-electron chi connectivity index (χ4n) is 2.36. The van der Waals surface area contributed by atoms with Crippen molar-refractivity contribution in [3.05, 3.63) is 40.7 Å². The first-order valence-corrected chi connectivity index (χ1v) is 7.48. The number of nitrogens with zero attached hydrogens (tertiary/aromatic N) is 2. The van der Waals surface area contributed by atoms with Crippen molar-refractivity contribution < 1.29 is 14.3 Å². The van der Waals surface area contributed by atoms with Crippen molar-refractivity contribution in [1.82, 2.24) is 15.1 Å². The van der Waals surface area contributed by atoms with Gasteiger partial charge in [0.1, 0.15) is 0 Å². The molecule has 1 N–H and O–H groups in total. The Morgan fingerprint density at radius 2 is 1.87 bits per heavy atom. The van der Waals surface area contributed by atoms with E-state index in [0.717, 1.165) is 11.4 Å². The van der Waals surface area contributed by atoms with Gasteiger partial charge in [0, 0.05) is 17.8 Å². The molecule has 0 fully saturated rings. The molecule has 124 valence electrons. The van der Waals surface area contributed by atoms with Crippen molar-refractivity contribution in [2.45, 2.75) is 27.3 Å². The fourth-order valence-corrected chi connectivity index (χ4v) is 2.36. The lowest BCUT2D eigenvalue weighted by atomic mass is 10.2. The lowest BCUT2D eigenvalue weighted by Gasteiger charge is -2.10. The van der Waals surface area contributed by atoms with E-state index in [4.69, 9.17) is 9.47 Å². The molecule has 0 bridgehead atoms. The van der Waals surface area contributed by atoms with Gasteiger partial charge in [-0.2, -0.15) is 5.10 Å². The number of aryl methyl sites for hydroxylation is 1. The van der Waals surface area contributed by atoms with Crippen LogP contribution in [0.25, 0.3) is 0 Å². The maximum Gasteiger partial charge on any atom is 0.251 e. The number of aromatic nitrogens is 2. The van der Waals surface area contributed by atoms with Gasteiger partial charge in [0.25, 0.3) is 5.91 Å². The quantitative estimate of drug-likeness (QED) is 0.887. The molecule has 6 nitrogen and oxygen atoms in total. The largest absolute Gasteiger partial charge is 0.493 e. The zero-order valence-electron chi connectivity index (χ0n) is 14.3. The van der Waals surface area contributed by atoms with Gasteiger partial charge in [0.05, 0.1) is 26.5 Å². The summed E-state index contributed by atoms with van der Waals surface area (Å²) in [4.78, 5) is 12.2. The average Bonchev–Trinajstić information content (AvgIpc) is 2.81. The number of amides is 1. The van der Waals surface area contributed by atoms with E-state index in [0.29, 0.717) is 30.2 Å². The molecule has 1 aromatic heterocycles. The lowest BCUT2D eigenvalue weighted by Crippen LogP contribution is -2.27. The molecule has 6 heteroatoms. The second-order valence-electron chi connectivity index (χ2n) is 5.34. The molecule has 0 aliphatic heterocycles. The van der Waals surface area contributed by atoms with Crippen LogP contribution in [0.5, 0.6) is 11.5 Å². The fraction of sp³-hybridized carbons (Fsp3) is 0.412. The molecule has 1 heterocycles. The summed E-state index contributed by atoms with van der Waals surface area (Å²) < 4.78 is 12.3. The summed E-state index contributed by atoms with van der Waals surface area (Å²) in [5.41, 5.74) is 3.87. The predicted octanol–water partition coefficient (Wildman–Crippen LogP) is 2.26. The molecule has 23 heavy (non-hydrogen) atoms. The van der Waals surface area contributed by atoms with Crippen molar-refractivity contribution in [3.8, 4) is 11.5 Å². The van der Waals surface area contributed by atoms with Crippen LogP contribution in [0, 0.1) is 20.8 Å². The summed E-state index contributed by atoms with van der Waals surface area (Å²) in [5, 5.41) is 7.35. The number of hydrogen-bond acceptors (Lipinski definition) is 4. The maximum atomic E-state index is 12.2. The Bertz CT molecular complexity index is 707. The molecule has 2 aromatic rings. The minimum absolute atomic E-state index is 0.149. The van der Waals surface area contributed by atoms with Crippen LogP contribution in [0.15, 0.2) is 18.2 Å². The van der Waals surface area contributed by atoms with Gasteiger partial charge >= 0.3 is 0 Å². The highest BCUT2D eigenvalue weighted by Crippen LogP contribution is 2.27. The summed E-state index contributed by atoms with van der Waals surface area (Å²) in [5.74, 6) is 0.987. The topological polar surface area (TPSA) is 65.4 Å². The van der Waals surface area contributed by atoms with E-state index >= 15 is 0 Å². The number of hydrogen-bond donors (Lipinski definition) is 1. The number of carbonyl (C=O) groups is 1. The van der Waals surface area contributed by atoms with Crippen LogP contribution in [0.2, 0.25) is 0 Å². The highest BCUT2D eigenvalue weighted by atomic mass is 16.5. The smallest absolute Gasteiger partial charge is 0.251 e. The third-order valence-electron chi connectivity index (χ3n) is 4.00. The molecule has 0 radical (unpaired) electrons. The second kappa shape index (κ2) is 7.17. The molecular formula is C17H23N3O3. The van der Waals surface area contributed by atoms with Gasteiger partial charge in [-0.25, -0.2) is 0 Å². The first kappa shape index (κ1) is 16.9. The van der Waals surface area contributed by atoms with Gasteiger partial charge < -0.3 is 14.8 Å². The third kappa shape index (κ3) is 3.64. The molecular weight excluding hydrogens is 294 g/mol. The molecule has 0 saturated heterocycles. The van der Waals surface area contributed by atoms with Crippen LogP contribution in [-0.2, 0) is 6.54 Å². The SMILES string of the molecule is COc1ccc(C(=O)NCCn2nc(C)c(C)c2C)cc1OC. The van der Waals surface area contributed by atoms with Gasteiger partial charge in [0.15, 0.2) is 11.5 Å². The molecule has 2 rings (SSSR count). The van der Waals surface area contributed by atoms with Crippen molar-refractivity contribution in [2.75, 3.05) is 20.8 Å². The number of methoxy groups -OCH3 is 2. The number of nitrogens with one attached hydrogen (secondary N) is 1. The highest BCUT2D eigenvalue weighted by molar-refractivity contribution is 5.94. The Labute approximate surface area is 136 Å². The monoisotopic (exact) mass is 317 g/mol. The number of ether oxygens (including phenoxy) is 2. The van der Waals surface area contributed by atoms with Crippen molar-refractivity contribution in [2.24, 2.45) is 0 Å². The Kier molecular flexibility index (Phi) is 5.26. The zero-order valence-corrected chi connectivity index (χ0v) is 14.3. The number of carbonyl (C=O) groups excluding carboxylic acids is 1. The van der Waals surface area contributed by atoms with Gasteiger partial charge in [-0.15, -0.1) is 0 Å².